The molecule has 0 aromatic rings. The molecule has 6 nitrogen and oxygen atoms in total. The molecule has 5 N–H and O–H groups in total. The zero-order chi connectivity index (χ0) is 11.7. The molecule has 0 aliphatic carbocycles. The fourth-order valence-electron chi connectivity index (χ4n) is 0.800. The van der Waals surface area contributed by atoms with E-state index in [0.29, 0.717) is 13.2 Å². The zero-order valence-electron chi connectivity index (χ0n) is 8.93. The number of carbonyl (C=O) groups is 1. The SMILES string of the molecule is [CH2-]NCC(N)CONCC(CS)C(=O)O.[V]. The predicted octanol–water partition coefficient (Wildman–Crippen LogP) is -1.16. The quantitative estimate of drug-likeness (QED) is 0.159. The molecule has 0 fully saturated rings. The van der Waals surface area contributed by atoms with Gasteiger partial charge in [0, 0.05) is 36.9 Å². The van der Waals surface area contributed by atoms with Gasteiger partial charge >= 0.3 is 5.97 Å². The van der Waals surface area contributed by atoms with Gasteiger partial charge in [-0.3, -0.25) is 11.8 Å². The van der Waals surface area contributed by atoms with Gasteiger partial charge in [-0.2, -0.15) is 12.6 Å². The third-order valence-corrected chi connectivity index (χ3v) is 2.15. The number of nitrogens with two attached hydrogens (primary N) is 1. The minimum atomic E-state index is -0.898. The molecule has 2 unspecified atom stereocenters. The molecule has 0 aromatic carbocycles. The van der Waals surface area contributed by atoms with E-state index in [0.717, 1.165) is 0 Å². The Kier molecular flexibility index (Phi) is 13.6. The Morgan fingerprint density at radius 3 is 2.62 bits per heavy atom. The van der Waals surface area contributed by atoms with E-state index in [9.17, 15) is 4.79 Å². The molecule has 0 saturated heterocycles. The maximum Gasteiger partial charge on any atom is 0.308 e. The first-order chi connectivity index (χ1) is 7.11. The maximum absolute atomic E-state index is 10.6. The van der Waals surface area contributed by atoms with E-state index in [1.54, 1.807) is 0 Å². The third-order valence-electron chi connectivity index (χ3n) is 1.71. The Morgan fingerprint density at radius 2 is 2.19 bits per heavy atom. The van der Waals surface area contributed by atoms with Gasteiger partial charge in [0.2, 0.25) is 0 Å². The summed E-state index contributed by atoms with van der Waals surface area (Å²) in [6.07, 6.45) is 0. The maximum atomic E-state index is 10.6. The molecule has 0 amide bonds. The van der Waals surface area contributed by atoms with Crippen LogP contribution in [0.15, 0.2) is 0 Å². The second-order valence-electron chi connectivity index (χ2n) is 3.09. The van der Waals surface area contributed by atoms with Crippen LogP contribution in [-0.2, 0) is 28.2 Å². The van der Waals surface area contributed by atoms with E-state index in [-0.39, 0.29) is 36.9 Å². The van der Waals surface area contributed by atoms with Gasteiger partial charge < -0.3 is 21.0 Å². The van der Waals surface area contributed by atoms with Crippen LogP contribution >= 0.6 is 12.6 Å². The van der Waals surface area contributed by atoms with E-state index in [4.69, 9.17) is 15.7 Å². The minimum Gasteiger partial charge on any atom is -0.481 e. The summed E-state index contributed by atoms with van der Waals surface area (Å²) in [7, 11) is 3.42. The Hall–Kier alpha value is 0.244. The van der Waals surface area contributed by atoms with E-state index in [2.05, 4.69) is 30.5 Å². The standard InChI is InChI=1S/C8H18N3O3S.V/c1-10-3-7(9)4-14-11-2-6(5-15)8(12)13;/h6-7,10-11,15H,1-5,9H2,(H,12,13);/q-1;. The van der Waals surface area contributed by atoms with Crippen LogP contribution in [0.1, 0.15) is 0 Å². The number of hydroxylamine groups is 1. The summed E-state index contributed by atoms with van der Waals surface area (Å²) < 4.78 is 0. The Bertz CT molecular complexity index is 188. The van der Waals surface area contributed by atoms with E-state index < -0.39 is 11.9 Å². The van der Waals surface area contributed by atoms with Crippen molar-refractivity contribution in [3.63, 3.8) is 0 Å². The first kappa shape index (κ1) is 18.6. The molecule has 2 atom stereocenters. The molecular weight excluding hydrogens is 269 g/mol. The van der Waals surface area contributed by atoms with Crippen LogP contribution in [0.4, 0.5) is 0 Å². The second kappa shape index (κ2) is 11.7. The van der Waals surface area contributed by atoms with Gasteiger partial charge in [-0.05, 0) is 6.54 Å². The van der Waals surface area contributed by atoms with Crippen molar-refractivity contribution in [1.82, 2.24) is 10.8 Å². The van der Waals surface area contributed by atoms with Gasteiger partial charge in [-0.15, -0.1) is 0 Å². The number of aliphatic carboxylic acids is 1. The van der Waals surface area contributed by atoms with Crippen molar-refractivity contribution in [1.29, 1.82) is 0 Å². The summed E-state index contributed by atoms with van der Waals surface area (Å²) in [5.74, 6) is -1.20. The molecule has 0 spiro atoms. The summed E-state index contributed by atoms with van der Waals surface area (Å²) in [6.45, 7) is 1.04. The van der Waals surface area contributed by atoms with Crippen LogP contribution < -0.4 is 16.5 Å². The van der Waals surface area contributed by atoms with Crippen molar-refractivity contribution in [3.8, 4) is 0 Å². The van der Waals surface area contributed by atoms with Crippen molar-refractivity contribution < 1.29 is 33.3 Å². The number of hydrogen-bond acceptors (Lipinski definition) is 6. The molecule has 16 heavy (non-hydrogen) atoms. The molecule has 8 heteroatoms. The van der Waals surface area contributed by atoms with E-state index >= 15 is 0 Å². The summed E-state index contributed by atoms with van der Waals surface area (Å²) in [5.41, 5.74) is 8.14. The number of carboxylic acids is 1. The molecule has 0 saturated carbocycles. The van der Waals surface area contributed by atoms with Crippen LogP contribution in [0, 0.1) is 13.0 Å². The van der Waals surface area contributed by atoms with Crippen molar-refractivity contribution in [2.75, 3.05) is 25.4 Å². The van der Waals surface area contributed by atoms with Crippen LogP contribution in [0.25, 0.3) is 0 Å². The largest absolute Gasteiger partial charge is 0.481 e. The first-order valence-electron chi connectivity index (χ1n) is 4.55. The van der Waals surface area contributed by atoms with Crippen molar-refractivity contribution in [2.45, 2.75) is 6.04 Å². The number of rotatable bonds is 9. The third kappa shape index (κ3) is 9.47. The predicted molar refractivity (Wildman–Crippen MR) is 60.3 cm³/mol. The van der Waals surface area contributed by atoms with Crippen LogP contribution in [-0.4, -0.2) is 42.6 Å². The molecule has 1 radical (unpaired) electrons. The van der Waals surface area contributed by atoms with Crippen LogP contribution in [0.2, 0.25) is 0 Å². The number of hydrogen-bond donors (Lipinski definition) is 5. The van der Waals surface area contributed by atoms with E-state index in [1.807, 2.05) is 0 Å². The Labute approximate surface area is 113 Å². The van der Waals surface area contributed by atoms with Crippen molar-refractivity contribution in [2.24, 2.45) is 11.7 Å². The van der Waals surface area contributed by atoms with Gasteiger partial charge in [0.15, 0.2) is 0 Å². The average molecular weight is 287 g/mol. The number of nitrogens with one attached hydrogen (secondary N) is 2. The average Bonchev–Trinajstić information content (AvgIpc) is 2.17. The van der Waals surface area contributed by atoms with Gasteiger partial charge in [0.25, 0.3) is 0 Å². The topological polar surface area (TPSA) is 96.6 Å². The molecule has 95 valence electrons. The fraction of sp³-hybridized carbons (Fsp3) is 0.750. The molecule has 0 heterocycles. The molecule has 0 bridgehead atoms. The molecule has 0 rings (SSSR count). The molecule has 0 aromatic heterocycles. The van der Waals surface area contributed by atoms with Gasteiger partial charge in [-0.25, -0.2) is 5.48 Å². The summed E-state index contributed by atoms with van der Waals surface area (Å²) in [5, 5.41) is 11.3. The second-order valence-corrected chi connectivity index (χ2v) is 3.46. The van der Waals surface area contributed by atoms with Crippen molar-refractivity contribution >= 4 is 18.6 Å². The van der Waals surface area contributed by atoms with Crippen molar-refractivity contribution in [3.05, 3.63) is 7.05 Å². The normalized spacial score (nSPS) is 13.9. The zero-order valence-corrected chi connectivity index (χ0v) is 11.2. The molecule has 0 aliphatic rings. The van der Waals surface area contributed by atoms with Crippen LogP contribution in [0.3, 0.4) is 0 Å². The Morgan fingerprint density at radius 1 is 1.56 bits per heavy atom. The number of thiol groups is 1. The van der Waals surface area contributed by atoms with Gasteiger partial charge in [0.05, 0.1) is 12.5 Å². The monoisotopic (exact) mass is 287 g/mol. The number of carboxylic acid groups (broad SMARTS) is 1. The van der Waals surface area contributed by atoms with Gasteiger partial charge in [-0.1, -0.05) is 0 Å². The molecular formula is C8H18N3O3SV-. The van der Waals surface area contributed by atoms with E-state index in [1.165, 1.54) is 0 Å². The summed E-state index contributed by atoms with van der Waals surface area (Å²) in [6, 6.07) is -0.172. The van der Waals surface area contributed by atoms with Crippen LogP contribution in [0.5, 0.6) is 0 Å². The minimum absolute atomic E-state index is 0. The van der Waals surface area contributed by atoms with Gasteiger partial charge in [0.1, 0.15) is 0 Å². The summed E-state index contributed by atoms with van der Waals surface area (Å²) >= 11 is 3.91. The molecule has 0 aliphatic heterocycles. The summed E-state index contributed by atoms with van der Waals surface area (Å²) in [4.78, 5) is 15.6. The Balaban J connectivity index is 0. The fourth-order valence-corrected chi connectivity index (χ4v) is 1.09. The first-order valence-corrected chi connectivity index (χ1v) is 5.18. The smallest absolute Gasteiger partial charge is 0.308 e.